The molecule has 0 aromatic carbocycles. The first kappa shape index (κ1) is 17.4. The second-order valence-electron chi connectivity index (χ2n) is 6.56. The summed E-state index contributed by atoms with van der Waals surface area (Å²) in [4.78, 5) is 33.9. The highest BCUT2D eigenvalue weighted by molar-refractivity contribution is 6.05. The third-order valence-corrected chi connectivity index (χ3v) is 4.53. The lowest BCUT2D eigenvalue weighted by Gasteiger charge is -2.14. The topological polar surface area (TPSA) is 88.9 Å². The van der Waals surface area contributed by atoms with Crippen LogP contribution in [0.4, 0.5) is 0 Å². The van der Waals surface area contributed by atoms with Gasteiger partial charge < -0.3 is 15.2 Å². The van der Waals surface area contributed by atoms with Gasteiger partial charge in [-0.3, -0.25) is 9.59 Å². The predicted octanol–water partition coefficient (Wildman–Crippen LogP) is 1.72. The van der Waals surface area contributed by atoms with Crippen LogP contribution in [0.25, 0.3) is 11.2 Å². The van der Waals surface area contributed by atoms with Crippen LogP contribution in [0.2, 0.25) is 0 Å². The number of rotatable bonds is 4. The SMILES string of the molecule is CCNC(=O)[C@@H](C)NC(=O)c1cc(C)nc2c1nc1n2CCCCC1. The van der Waals surface area contributed by atoms with Crippen molar-refractivity contribution >= 4 is 23.0 Å². The molecule has 7 nitrogen and oxygen atoms in total. The number of aryl methyl sites for hydroxylation is 3. The highest BCUT2D eigenvalue weighted by Crippen LogP contribution is 2.24. The number of hydrogen-bond donors (Lipinski definition) is 2. The number of amides is 2. The van der Waals surface area contributed by atoms with E-state index in [9.17, 15) is 9.59 Å². The first-order valence-electron chi connectivity index (χ1n) is 8.96. The molecule has 25 heavy (non-hydrogen) atoms. The summed E-state index contributed by atoms with van der Waals surface area (Å²) < 4.78 is 2.14. The van der Waals surface area contributed by atoms with E-state index >= 15 is 0 Å². The fourth-order valence-electron chi connectivity index (χ4n) is 3.26. The van der Waals surface area contributed by atoms with Gasteiger partial charge in [0.15, 0.2) is 5.65 Å². The van der Waals surface area contributed by atoms with Crippen LogP contribution in [-0.4, -0.2) is 38.9 Å². The average Bonchev–Trinajstić information content (AvgIpc) is 2.76. The zero-order valence-electron chi connectivity index (χ0n) is 15.1. The molecule has 0 fully saturated rings. The van der Waals surface area contributed by atoms with Crippen molar-refractivity contribution in [3.63, 3.8) is 0 Å². The molecule has 2 N–H and O–H groups in total. The summed E-state index contributed by atoms with van der Waals surface area (Å²) in [7, 11) is 0. The minimum atomic E-state index is -0.601. The Morgan fingerprint density at radius 3 is 2.84 bits per heavy atom. The number of nitrogens with zero attached hydrogens (tertiary/aromatic N) is 3. The number of aromatic nitrogens is 3. The van der Waals surface area contributed by atoms with Gasteiger partial charge in [0.05, 0.1) is 5.56 Å². The maximum atomic E-state index is 12.7. The normalized spacial score (nSPS) is 15.3. The first-order chi connectivity index (χ1) is 12.0. The van der Waals surface area contributed by atoms with Gasteiger partial charge in [0.25, 0.3) is 5.91 Å². The second-order valence-corrected chi connectivity index (χ2v) is 6.56. The molecule has 1 aliphatic rings. The van der Waals surface area contributed by atoms with E-state index in [1.165, 1.54) is 6.42 Å². The molecule has 2 aromatic heterocycles. The van der Waals surface area contributed by atoms with Gasteiger partial charge in [0, 0.05) is 25.2 Å². The molecule has 7 heteroatoms. The minimum absolute atomic E-state index is 0.196. The summed E-state index contributed by atoms with van der Waals surface area (Å²) >= 11 is 0. The molecule has 2 amide bonds. The third kappa shape index (κ3) is 3.50. The van der Waals surface area contributed by atoms with Crippen molar-refractivity contribution in [2.75, 3.05) is 6.54 Å². The number of fused-ring (bicyclic) bond motifs is 3. The molecule has 0 saturated carbocycles. The summed E-state index contributed by atoms with van der Waals surface area (Å²) in [5.74, 6) is 0.512. The summed E-state index contributed by atoms with van der Waals surface area (Å²) in [5.41, 5.74) is 2.66. The van der Waals surface area contributed by atoms with Gasteiger partial charge >= 0.3 is 0 Å². The molecular formula is C18H25N5O2. The van der Waals surface area contributed by atoms with Gasteiger partial charge in [-0.05, 0) is 39.7 Å². The minimum Gasteiger partial charge on any atom is -0.355 e. The van der Waals surface area contributed by atoms with Crippen molar-refractivity contribution < 1.29 is 9.59 Å². The van der Waals surface area contributed by atoms with Gasteiger partial charge in [-0.2, -0.15) is 0 Å². The molecule has 2 aromatic rings. The summed E-state index contributed by atoms with van der Waals surface area (Å²) in [6.07, 6.45) is 4.31. The molecule has 0 unspecified atom stereocenters. The van der Waals surface area contributed by atoms with Crippen molar-refractivity contribution in [2.24, 2.45) is 0 Å². The Morgan fingerprint density at radius 2 is 2.08 bits per heavy atom. The van der Waals surface area contributed by atoms with Gasteiger partial charge in [0.2, 0.25) is 5.91 Å². The van der Waals surface area contributed by atoms with Gasteiger partial charge in [-0.15, -0.1) is 0 Å². The van der Waals surface area contributed by atoms with E-state index in [2.05, 4.69) is 20.2 Å². The van der Waals surface area contributed by atoms with Crippen LogP contribution < -0.4 is 10.6 Å². The molecule has 1 atom stereocenters. The number of carbonyl (C=O) groups excluding carboxylic acids is 2. The van der Waals surface area contributed by atoms with Crippen molar-refractivity contribution in [3.8, 4) is 0 Å². The van der Waals surface area contributed by atoms with Gasteiger partial charge in [-0.25, -0.2) is 9.97 Å². The monoisotopic (exact) mass is 343 g/mol. The van der Waals surface area contributed by atoms with E-state index in [0.717, 1.165) is 43.0 Å². The molecule has 0 aliphatic carbocycles. The zero-order chi connectivity index (χ0) is 18.0. The van der Waals surface area contributed by atoms with Crippen LogP contribution in [0.3, 0.4) is 0 Å². The lowest BCUT2D eigenvalue weighted by Crippen LogP contribution is -2.44. The Hall–Kier alpha value is -2.44. The quantitative estimate of drug-likeness (QED) is 0.885. The number of carbonyl (C=O) groups is 2. The van der Waals surface area contributed by atoms with Crippen molar-refractivity contribution in [1.29, 1.82) is 0 Å². The Labute approximate surface area is 147 Å². The summed E-state index contributed by atoms with van der Waals surface area (Å²) in [6.45, 7) is 6.82. The van der Waals surface area contributed by atoms with E-state index < -0.39 is 6.04 Å². The number of imidazole rings is 1. The molecule has 3 heterocycles. The number of nitrogens with one attached hydrogen (secondary N) is 2. The fourth-order valence-corrected chi connectivity index (χ4v) is 3.26. The highest BCUT2D eigenvalue weighted by Gasteiger charge is 2.23. The van der Waals surface area contributed by atoms with Crippen LogP contribution in [0.15, 0.2) is 6.07 Å². The smallest absolute Gasteiger partial charge is 0.254 e. The molecule has 134 valence electrons. The van der Waals surface area contributed by atoms with Crippen LogP contribution in [0.1, 0.15) is 55.0 Å². The molecule has 0 spiro atoms. The van der Waals surface area contributed by atoms with Crippen LogP contribution >= 0.6 is 0 Å². The van der Waals surface area contributed by atoms with Crippen molar-refractivity contribution in [1.82, 2.24) is 25.2 Å². The predicted molar refractivity (Wildman–Crippen MR) is 95.4 cm³/mol. The zero-order valence-corrected chi connectivity index (χ0v) is 15.1. The Kier molecular flexibility index (Phi) is 5.01. The Balaban J connectivity index is 1.96. The Bertz CT molecular complexity index is 811. The third-order valence-electron chi connectivity index (χ3n) is 4.53. The molecule has 3 rings (SSSR count). The van der Waals surface area contributed by atoms with Crippen LogP contribution in [-0.2, 0) is 17.8 Å². The van der Waals surface area contributed by atoms with E-state index in [-0.39, 0.29) is 11.8 Å². The molecule has 0 radical (unpaired) electrons. The maximum Gasteiger partial charge on any atom is 0.254 e. The average molecular weight is 343 g/mol. The highest BCUT2D eigenvalue weighted by atomic mass is 16.2. The van der Waals surface area contributed by atoms with E-state index in [4.69, 9.17) is 4.98 Å². The van der Waals surface area contributed by atoms with Crippen LogP contribution in [0.5, 0.6) is 0 Å². The van der Waals surface area contributed by atoms with E-state index in [0.29, 0.717) is 17.6 Å². The molecule has 0 saturated heterocycles. The van der Waals surface area contributed by atoms with Gasteiger partial charge in [-0.1, -0.05) is 6.42 Å². The number of hydrogen-bond acceptors (Lipinski definition) is 4. The maximum absolute atomic E-state index is 12.7. The van der Waals surface area contributed by atoms with E-state index in [1.54, 1.807) is 13.0 Å². The van der Waals surface area contributed by atoms with Gasteiger partial charge in [0.1, 0.15) is 17.4 Å². The van der Waals surface area contributed by atoms with E-state index in [1.807, 2.05) is 13.8 Å². The van der Waals surface area contributed by atoms with Crippen LogP contribution in [0, 0.1) is 6.92 Å². The number of pyridine rings is 1. The summed E-state index contributed by atoms with van der Waals surface area (Å²) in [6, 6.07) is 1.14. The number of likely N-dealkylation sites (N-methyl/N-ethyl adjacent to an activating group) is 1. The van der Waals surface area contributed by atoms with Crippen molar-refractivity contribution in [2.45, 2.75) is 59.0 Å². The fraction of sp³-hybridized carbons (Fsp3) is 0.556. The molecule has 1 aliphatic heterocycles. The lowest BCUT2D eigenvalue weighted by molar-refractivity contribution is -0.122. The standard InChI is InChI=1S/C18H25N5O2/c1-4-19-17(24)12(3)21-18(25)13-10-11(2)20-16-15(13)22-14-8-6-5-7-9-23(14)16/h10,12H,4-9H2,1-3H3,(H,19,24)(H,21,25)/t12-/m1/s1. The molecule has 0 bridgehead atoms. The second kappa shape index (κ2) is 7.21. The summed E-state index contributed by atoms with van der Waals surface area (Å²) in [5, 5.41) is 5.48. The largest absolute Gasteiger partial charge is 0.355 e. The molecular weight excluding hydrogens is 318 g/mol. The Morgan fingerprint density at radius 1 is 1.28 bits per heavy atom. The lowest BCUT2D eigenvalue weighted by atomic mass is 10.1. The first-order valence-corrected chi connectivity index (χ1v) is 8.96. The van der Waals surface area contributed by atoms with Crippen molar-refractivity contribution in [3.05, 3.63) is 23.1 Å².